The van der Waals surface area contributed by atoms with Crippen LogP contribution in [-0.2, 0) is 21.4 Å². The van der Waals surface area contributed by atoms with Crippen LogP contribution in [0.4, 0.5) is 0 Å². The van der Waals surface area contributed by atoms with Gasteiger partial charge in [-0.25, -0.2) is 13.8 Å². The molecular weight excluding hydrogens is 370 g/mol. The lowest BCUT2D eigenvalue weighted by atomic mass is 10.2. The van der Waals surface area contributed by atoms with E-state index in [2.05, 4.69) is 10.5 Å². The van der Waals surface area contributed by atoms with Gasteiger partial charge < -0.3 is 0 Å². The zero-order valence-corrected chi connectivity index (χ0v) is 16.3. The van der Waals surface area contributed by atoms with Crippen LogP contribution >= 0.6 is 11.8 Å². The molecule has 0 bridgehead atoms. The normalized spacial score (nSPS) is 11.8. The average Bonchev–Trinajstić information content (AvgIpc) is 2.62. The zero-order valence-electron chi connectivity index (χ0n) is 14.6. The molecule has 0 atom stereocenters. The molecule has 26 heavy (non-hydrogen) atoms. The molecule has 0 aliphatic carbocycles. The SMILES string of the molecule is CSc1ccc(/C=N\NC(=O)CN(Cc2ccccc2)S(C)(=O)=O)cc1. The highest BCUT2D eigenvalue weighted by atomic mass is 32.2. The van der Waals surface area contributed by atoms with E-state index < -0.39 is 15.9 Å². The molecule has 0 unspecified atom stereocenters. The van der Waals surface area contributed by atoms with E-state index in [1.165, 1.54) is 6.21 Å². The number of nitrogens with one attached hydrogen (secondary N) is 1. The van der Waals surface area contributed by atoms with E-state index in [-0.39, 0.29) is 13.1 Å². The van der Waals surface area contributed by atoms with Gasteiger partial charge in [0.25, 0.3) is 5.91 Å². The van der Waals surface area contributed by atoms with Gasteiger partial charge >= 0.3 is 0 Å². The molecule has 2 rings (SSSR count). The molecule has 1 amide bonds. The van der Waals surface area contributed by atoms with E-state index in [9.17, 15) is 13.2 Å². The maximum absolute atomic E-state index is 12.0. The zero-order chi connectivity index (χ0) is 19.0. The molecule has 8 heteroatoms. The Hall–Kier alpha value is -2.16. The van der Waals surface area contributed by atoms with Crippen molar-refractivity contribution in [3.63, 3.8) is 0 Å². The minimum absolute atomic E-state index is 0.132. The standard InChI is InChI=1S/C18H21N3O3S2/c1-25-17-10-8-15(9-11-17)12-19-20-18(22)14-21(26(2,23)24)13-16-6-4-3-5-7-16/h3-12H,13-14H2,1-2H3,(H,20,22)/b19-12-. The van der Waals surface area contributed by atoms with Crippen LogP contribution in [-0.4, -0.2) is 43.9 Å². The summed E-state index contributed by atoms with van der Waals surface area (Å²) in [5, 5.41) is 3.89. The molecular formula is C18H21N3O3S2. The van der Waals surface area contributed by atoms with Crippen molar-refractivity contribution in [2.45, 2.75) is 11.4 Å². The summed E-state index contributed by atoms with van der Waals surface area (Å²) in [4.78, 5) is 13.2. The summed E-state index contributed by atoms with van der Waals surface area (Å²) in [6.07, 6.45) is 4.59. The first kappa shape index (κ1) is 20.2. The van der Waals surface area contributed by atoms with Gasteiger partial charge in [-0.1, -0.05) is 42.5 Å². The van der Waals surface area contributed by atoms with Crippen LogP contribution in [0.1, 0.15) is 11.1 Å². The lowest BCUT2D eigenvalue weighted by molar-refractivity contribution is -0.121. The maximum atomic E-state index is 12.0. The number of amides is 1. The molecule has 0 saturated heterocycles. The fraction of sp³-hybridized carbons (Fsp3) is 0.222. The van der Waals surface area contributed by atoms with Crippen molar-refractivity contribution in [3.8, 4) is 0 Å². The third kappa shape index (κ3) is 6.62. The lowest BCUT2D eigenvalue weighted by Gasteiger charge is -2.18. The number of thioether (sulfide) groups is 1. The second-order valence-electron chi connectivity index (χ2n) is 5.58. The largest absolute Gasteiger partial charge is 0.272 e. The van der Waals surface area contributed by atoms with Crippen LogP contribution in [0.3, 0.4) is 0 Å². The Balaban J connectivity index is 1.95. The molecule has 0 heterocycles. The van der Waals surface area contributed by atoms with Crippen LogP contribution < -0.4 is 5.43 Å². The summed E-state index contributed by atoms with van der Waals surface area (Å²) in [7, 11) is -3.52. The van der Waals surface area contributed by atoms with Crippen LogP contribution in [0.15, 0.2) is 64.6 Å². The highest BCUT2D eigenvalue weighted by Crippen LogP contribution is 2.13. The highest BCUT2D eigenvalue weighted by Gasteiger charge is 2.20. The van der Waals surface area contributed by atoms with Gasteiger partial charge in [0, 0.05) is 11.4 Å². The van der Waals surface area contributed by atoms with E-state index in [1.807, 2.05) is 60.9 Å². The molecule has 0 fully saturated rings. The van der Waals surface area contributed by atoms with E-state index in [0.717, 1.165) is 26.6 Å². The first-order valence-electron chi connectivity index (χ1n) is 7.83. The van der Waals surface area contributed by atoms with E-state index in [1.54, 1.807) is 11.8 Å². The first-order chi connectivity index (χ1) is 12.4. The van der Waals surface area contributed by atoms with Gasteiger partial charge in [-0.3, -0.25) is 4.79 Å². The monoisotopic (exact) mass is 391 g/mol. The summed E-state index contributed by atoms with van der Waals surface area (Å²) < 4.78 is 25.0. The molecule has 0 aromatic heterocycles. The van der Waals surface area contributed by atoms with E-state index in [0.29, 0.717) is 0 Å². The second-order valence-corrected chi connectivity index (χ2v) is 8.45. The number of hydrazone groups is 1. The quantitative estimate of drug-likeness (QED) is 0.426. The first-order valence-corrected chi connectivity index (χ1v) is 10.9. The minimum atomic E-state index is -3.52. The molecule has 0 radical (unpaired) electrons. The van der Waals surface area contributed by atoms with Gasteiger partial charge in [-0.05, 0) is 29.5 Å². The number of carbonyl (C=O) groups excluding carboxylic acids is 1. The molecule has 0 saturated carbocycles. The number of nitrogens with zero attached hydrogens (tertiary/aromatic N) is 2. The number of sulfonamides is 1. The van der Waals surface area contributed by atoms with Crippen LogP contribution in [0.5, 0.6) is 0 Å². The molecule has 0 aliphatic heterocycles. The minimum Gasteiger partial charge on any atom is -0.272 e. The van der Waals surface area contributed by atoms with Crippen LogP contribution in [0.2, 0.25) is 0 Å². The Morgan fingerprint density at radius 1 is 1.15 bits per heavy atom. The predicted molar refractivity (Wildman–Crippen MR) is 106 cm³/mol. The second kappa shape index (κ2) is 9.51. The number of hydrogen-bond donors (Lipinski definition) is 1. The molecule has 0 aliphatic rings. The van der Waals surface area contributed by atoms with Gasteiger partial charge in [-0.2, -0.15) is 9.41 Å². The summed E-state index contributed by atoms with van der Waals surface area (Å²) in [6, 6.07) is 16.8. The van der Waals surface area contributed by atoms with Gasteiger partial charge in [0.05, 0.1) is 19.0 Å². The summed E-state index contributed by atoms with van der Waals surface area (Å²) in [5.74, 6) is -0.497. The molecule has 6 nitrogen and oxygen atoms in total. The third-order valence-electron chi connectivity index (χ3n) is 3.51. The Morgan fingerprint density at radius 2 is 1.81 bits per heavy atom. The number of rotatable bonds is 8. The van der Waals surface area contributed by atoms with Gasteiger partial charge in [0.2, 0.25) is 10.0 Å². The van der Waals surface area contributed by atoms with Crippen molar-refractivity contribution >= 4 is 33.9 Å². The fourth-order valence-electron chi connectivity index (χ4n) is 2.14. The van der Waals surface area contributed by atoms with Crippen molar-refractivity contribution < 1.29 is 13.2 Å². The highest BCUT2D eigenvalue weighted by molar-refractivity contribution is 7.98. The number of carbonyl (C=O) groups is 1. The molecule has 138 valence electrons. The lowest BCUT2D eigenvalue weighted by Crippen LogP contribution is -2.38. The number of benzene rings is 2. The summed E-state index contributed by atoms with van der Waals surface area (Å²) in [5.41, 5.74) is 4.02. The van der Waals surface area contributed by atoms with E-state index in [4.69, 9.17) is 0 Å². The van der Waals surface area contributed by atoms with Crippen molar-refractivity contribution in [2.24, 2.45) is 5.10 Å². The van der Waals surface area contributed by atoms with Crippen LogP contribution in [0.25, 0.3) is 0 Å². The molecule has 2 aromatic carbocycles. The number of hydrogen-bond acceptors (Lipinski definition) is 5. The fourth-order valence-corrected chi connectivity index (χ4v) is 3.29. The Labute approximate surface area is 158 Å². The molecule has 2 aromatic rings. The average molecular weight is 392 g/mol. The van der Waals surface area contributed by atoms with Crippen molar-refractivity contribution in [3.05, 3.63) is 65.7 Å². The van der Waals surface area contributed by atoms with Gasteiger partial charge in [0.1, 0.15) is 0 Å². The topological polar surface area (TPSA) is 78.8 Å². The van der Waals surface area contributed by atoms with E-state index >= 15 is 0 Å². The molecule has 0 spiro atoms. The predicted octanol–water partition coefficient (Wildman–Crippen LogP) is 2.32. The summed E-state index contributed by atoms with van der Waals surface area (Å²) >= 11 is 1.64. The summed E-state index contributed by atoms with van der Waals surface area (Å²) in [6.45, 7) is -0.163. The van der Waals surface area contributed by atoms with Crippen molar-refractivity contribution in [2.75, 3.05) is 19.1 Å². The smallest absolute Gasteiger partial charge is 0.255 e. The Morgan fingerprint density at radius 3 is 2.38 bits per heavy atom. The molecule has 1 N–H and O–H groups in total. The maximum Gasteiger partial charge on any atom is 0.255 e. The van der Waals surface area contributed by atoms with Gasteiger partial charge in [-0.15, -0.1) is 11.8 Å². The van der Waals surface area contributed by atoms with Crippen LogP contribution in [0, 0.1) is 0 Å². The van der Waals surface area contributed by atoms with Crippen molar-refractivity contribution in [1.29, 1.82) is 0 Å². The Kier molecular flexibility index (Phi) is 7.38. The van der Waals surface area contributed by atoms with Crippen molar-refractivity contribution in [1.82, 2.24) is 9.73 Å². The third-order valence-corrected chi connectivity index (χ3v) is 5.45. The Bertz CT molecular complexity index is 851. The van der Waals surface area contributed by atoms with Gasteiger partial charge in [0.15, 0.2) is 0 Å².